The van der Waals surface area contributed by atoms with Crippen LogP contribution in [0.1, 0.15) is 5.56 Å². The Bertz CT molecular complexity index is 625. The van der Waals surface area contributed by atoms with Gasteiger partial charge < -0.3 is 4.74 Å². The number of ether oxygens (including phenoxy) is 1. The van der Waals surface area contributed by atoms with Gasteiger partial charge in [0, 0.05) is 0 Å². The second-order valence-electron chi connectivity index (χ2n) is 3.79. The Kier molecular flexibility index (Phi) is 3.59. The largest absolute Gasteiger partial charge is 0.471 e. The molecule has 9 heteroatoms. The van der Waals surface area contributed by atoms with Crippen molar-refractivity contribution in [1.82, 2.24) is 9.78 Å². The number of halogens is 3. The number of hydrogen-bond donors (Lipinski definition) is 0. The van der Waals surface area contributed by atoms with Crippen molar-refractivity contribution in [3.05, 3.63) is 52.3 Å². The van der Waals surface area contributed by atoms with Crippen molar-refractivity contribution in [2.45, 2.75) is 12.9 Å². The van der Waals surface area contributed by atoms with Gasteiger partial charge >= 0.3 is 11.9 Å². The normalized spacial score (nSPS) is 11.3. The average Bonchev–Trinajstić information content (AvgIpc) is 2.85. The van der Waals surface area contributed by atoms with Gasteiger partial charge in [-0.2, -0.15) is 18.3 Å². The molecule has 0 fully saturated rings. The van der Waals surface area contributed by atoms with Gasteiger partial charge in [-0.25, -0.2) is 4.68 Å². The first kappa shape index (κ1) is 13.8. The maximum atomic E-state index is 12.5. The van der Waals surface area contributed by atoms with Gasteiger partial charge in [-0.1, -0.05) is 6.07 Å². The van der Waals surface area contributed by atoms with E-state index in [2.05, 4.69) is 5.10 Å². The summed E-state index contributed by atoms with van der Waals surface area (Å²) in [6, 6.07) is 4.33. The Morgan fingerprint density at radius 2 is 2.15 bits per heavy atom. The maximum Gasteiger partial charge on any atom is 0.416 e. The standard InChI is InChI=1S/C11H8F3N3O3/c12-11(13,14)8-2-1-3-10(4-8)20-7-16-6-9(5-15-16)17(18)19/h1-6H,7H2. The minimum atomic E-state index is -4.45. The fraction of sp³-hybridized carbons (Fsp3) is 0.182. The Hall–Kier alpha value is -2.58. The number of aromatic nitrogens is 2. The molecule has 0 aliphatic heterocycles. The molecule has 2 aromatic rings. The van der Waals surface area contributed by atoms with Crippen LogP contribution in [0, 0.1) is 10.1 Å². The molecule has 0 N–H and O–H groups in total. The fourth-order valence-electron chi connectivity index (χ4n) is 1.42. The lowest BCUT2D eigenvalue weighted by molar-refractivity contribution is -0.385. The summed E-state index contributed by atoms with van der Waals surface area (Å²) in [5, 5.41) is 14.1. The van der Waals surface area contributed by atoms with Crippen LogP contribution in [-0.2, 0) is 12.9 Å². The van der Waals surface area contributed by atoms with Crippen molar-refractivity contribution in [2.75, 3.05) is 0 Å². The van der Waals surface area contributed by atoms with Crippen LogP contribution in [0.25, 0.3) is 0 Å². The van der Waals surface area contributed by atoms with E-state index >= 15 is 0 Å². The lowest BCUT2D eigenvalue weighted by Gasteiger charge is -2.09. The summed E-state index contributed by atoms with van der Waals surface area (Å²) in [5.41, 5.74) is -1.06. The molecule has 2 rings (SSSR count). The monoisotopic (exact) mass is 287 g/mol. The summed E-state index contributed by atoms with van der Waals surface area (Å²) >= 11 is 0. The van der Waals surface area contributed by atoms with Crippen molar-refractivity contribution in [1.29, 1.82) is 0 Å². The third-order valence-corrected chi connectivity index (χ3v) is 2.36. The fourth-order valence-corrected chi connectivity index (χ4v) is 1.42. The molecular formula is C11H8F3N3O3. The van der Waals surface area contributed by atoms with Crippen LogP contribution in [0.5, 0.6) is 5.75 Å². The van der Waals surface area contributed by atoms with Gasteiger partial charge in [0.15, 0.2) is 6.73 Å². The van der Waals surface area contributed by atoms with E-state index in [1.807, 2.05) is 0 Å². The molecular weight excluding hydrogens is 279 g/mol. The van der Waals surface area contributed by atoms with Gasteiger partial charge in [0.2, 0.25) is 0 Å². The third-order valence-electron chi connectivity index (χ3n) is 2.36. The van der Waals surface area contributed by atoms with E-state index < -0.39 is 16.7 Å². The SMILES string of the molecule is O=[N+]([O-])c1cnn(COc2cccc(C(F)(F)F)c2)c1. The highest BCUT2D eigenvalue weighted by Gasteiger charge is 2.30. The summed E-state index contributed by atoms with van der Waals surface area (Å²) in [4.78, 5) is 9.80. The predicted octanol–water partition coefficient (Wildman–Crippen LogP) is 2.85. The number of rotatable bonds is 4. The zero-order chi connectivity index (χ0) is 14.8. The van der Waals surface area contributed by atoms with Gasteiger partial charge in [-0.15, -0.1) is 0 Å². The second-order valence-corrected chi connectivity index (χ2v) is 3.79. The minimum absolute atomic E-state index is 0.00187. The molecule has 0 saturated carbocycles. The van der Waals surface area contributed by atoms with E-state index in [0.717, 1.165) is 29.2 Å². The Morgan fingerprint density at radius 1 is 1.40 bits per heavy atom. The van der Waals surface area contributed by atoms with Crippen molar-refractivity contribution >= 4 is 5.69 Å². The van der Waals surface area contributed by atoms with E-state index in [0.29, 0.717) is 0 Å². The Morgan fingerprint density at radius 3 is 2.75 bits per heavy atom. The van der Waals surface area contributed by atoms with Crippen molar-refractivity contribution < 1.29 is 22.8 Å². The van der Waals surface area contributed by atoms with E-state index in [4.69, 9.17) is 4.74 Å². The molecule has 20 heavy (non-hydrogen) atoms. The molecule has 0 amide bonds. The van der Waals surface area contributed by atoms with E-state index in [1.165, 1.54) is 12.1 Å². The maximum absolute atomic E-state index is 12.5. The van der Waals surface area contributed by atoms with Gasteiger partial charge in [0.05, 0.1) is 10.5 Å². The smallest absolute Gasteiger partial charge is 0.416 e. The number of hydrogen-bond acceptors (Lipinski definition) is 4. The molecule has 106 valence electrons. The summed E-state index contributed by atoms with van der Waals surface area (Å²) in [6.07, 6.45) is -2.31. The van der Waals surface area contributed by atoms with Crippen LogP contribution in [0.3, 0.4) is 0 Å². The quantitative estimate of drug-likeness (QED) is 0.640. The molecule has 1 aromatic heterocycles. The number of nitrogens with zero attached hydrogens (tertiary/aromatic N) is 3. The summed E-state index contributed by atoms with van der Waals surface area (Å²) < 4.78 is 43.6. The zero-order valence-electron chi connectivity index (χ0n) is 9.87. The van der Waals surface area contributed by atoms with E-state index in [1.54, 1.807) is 0 Å². The van der Waals surface area contributed by atoms with Gasteiger partial charge in [0.25, 0.3) is 0 Å². The number of alkyl halides is 3. The van der Waals surface area contributed by atoms with Crippen LogP contribution >= 0.6 is 0 Å². The highest BCUT2D eigenvalue weighted by Crippen LogP contribution is 2.31. The third kappa shape index (κ3) is 3.25. The van der Waals surface area contributed by atoms with Gasteiger partial charge in [0.1, 0.15) is 18.1 Å². The highest BCUT2D eigenvalue weighted by molar-refractivity contribution is 5.30. The van der Waals surface area contributed by atoms with E-state index in [-0.39, 0.29) is 18.2 Å². The Labute approximate surface area is 110 Å². The molecule has 6 nitrogen and oxygen atoms in total. The van der Waals surface area contributed by atoms with Gasteiger partial charge in [-0.3, -0.25) is 10.1 Å². The molecule has 0 aliphatic carbocycles. The van der Waals surface area contributed by atoms with Crippen molar-refractivity contribution in [2.24, 2.45) is 0 Å². The van der Waals surface area contributed by atoms with Crippen molar-refractivity contribution in [3.8, 4) is 5.75 Å². The summed E-state index contributed by atoms with van der Waals surface area (Å²) in [5.74, 6) is -0.00187. The zero-order valence-corrected chi connectivity index (χ0v) is 9.87. The average molecular weight is 287 g/mol. The predicted molar refractivity (Wildman–Crippen MR) is 61.0 cm³/mol. The molecule has 0 unspecified atom stereocenters. The lowest BCUT2D eigenvalue weighted by atomic mass is 10.2. The van der Waals surface area contributed by atoms with Gasteiger partial charge in [-0.05, 0) is 18.2 Å². The number of nitro groups is 1. The molecule has 0 spiro atoms. The van der Waals surface area contributed by atoms with Crippen molar-refractivity contribution in [3.63, 3.8) is 0 Å². The topological polar surface area (TPSA) is 70.2 Å². The second kappa shape index (κ2) is 5.19. The molecule has 0 radical (unpaired) electrons. The Balaban J connectivity index is 2.05. The first-order chi connectivity index (χ1) is 9.36. The summed E-state index contributed by atoms with van der Waals surface area (Å²) in [7, 11) is 0. The minimum Gasteiger partial charge on any atom is -0.471 e. The van der Waals surface area contributed by atoms with E-state index in [9.17, 15) is 23.3 Å². The lowest BCUT2D eigenvalue weighted by Crippen LogP contribution is -2.08. The van der Waals surface area contributed by atoms with Crippen LogP contribution in [-0.4, -0.2) is 14.7 Å². The first-order valence-electron chi connectivity index (χ1n) is 5.33. The molecule has 0 bridgehead atoms. The molecule has 1 heterocycles. The molecule has 0 aliphatic rings. The first-order valence-corrected chi connectivity index (χ1v) is 5.33. The van der Waals surface area contributed by atoms with Crippen LogP contribution in [0.15, 0.2) is 36.7 Å². The van der Waals surface area contributed by atoms with Crippen LogP contribution in [0.4, 0.5) is 18.9 Å². The summed E-state index contributed by atoms with van der Waals surface area (Å²) in [6.45, 7) is -0.227. The molecule has 0 saturated heterocycles. The molecule has 1 aromatic carbocycles. The number of benzene rings is 1. The van der Waals surface area contributed by atoms with Crippen LogP contribution < -0.4 is 4.74 Å². The van der Waals surface area contributed by atoms with Crippen LogP contribution in [0.2, 0.25) is 0 Å². The highest BCUT2D eigenvalue weighted by atomic mass is 19.4. The molecule has 0 atom stereocenters.